The lowest BCUT2D eigenvalue weighted by atomic mass is 9.99. The summed E-state index contributed by atoms with van der Waals surface area (Å²) in [6, 6.07) is 4.34. The quantitative estimate of drug-likeness (QED) is 0.380. The summed E-state index contributed by atoms with van der Waals surface area (Å²) in [7, 11) is 0. The standard InChI is InChI=1S/C24H18ClF6N5O2S/c25-15-6-12-10-36(21(38)24(29,30)31)5-3-11(12)7-16(15)34-22-33-9-14(23(26,27)28)19(35-22)18-8-13-17(39-18)2-1-4-32-20(13)37/h6-9H,1-5,10H2,(H,32,37)(H,33,34,35). The molecule has 0 unspecified atom stereocenters. The monoisotopic (exact) mass is 589 g/mol. The number of hydrogen-bond acceptors (Lipinski definition) is 6. The van der Waals surface area contributed by atoms with Crippen LogP contribution in [0.1, 0.15) is 38.3 Å². The van der Waals surface area contributed by atoms with Gasteiger partial charge in [-0.15, -0.1) is 11.3 Å². The average Bonchev–Trinajstić information content (AvgIpc) is 3.21. The lowest BCUT2D eigenvalue weighted by Gasteiger charge is -2.30. The molecule has 0 bridgehead atoms. The smallest absolute Gasteiger partial charge is 0.352 e. The summed E-state index contributed by atoms with van der Waals surface area (Å²) < 4.78 is 80.0. The van der Waals surface area contributed by atoms with E-state index in [0.717, 1.165) is 11.3 Å². The number of nitrogens with zero attached hydrogens (tertiary/aromatic N) is 3. The number of aromatic nitrogens is 2. The molecule has 2 aliphatic rings. The fourth-order valence-corrected chi connectivity index (χ4v) is 5.89. The van der Waals surface area contributed by atoms with Crippen molar-refractivity contribution in [2.24, 2.45) is 0 Å². The highest BCUT2D eigenvalue weighted by Gasteiger charge is 2.43. The summed E-state index contributed by atoms with van der Waals surface area (Å²) in [6.45, 7) is 0.0261. The molecule has 0 saturated carbocycles. The molecule has 1 aromatic carbocycles. The van der Waals surface area contributed by atoms with Crippen molar-refractivity contribution in [2.45, 2.75) is 38.2 Å². The van der Waals surface area contributed by atoms with Crippen molar-refractivity contribution in [3.05, 3.63) is 56.5 Å². The van der Waals surface area contributed by atoms with Crippen LogP contribution in [0.15, 0.2) is 24.4 Å². The molecule has 0 aliphatic carbocycles. The first-order valence-electron chi connectivity index (χ1n) is 11.6. The maximum atomic E-state index is 13.8. The van der Waals surface area contributed by atoms with Crippen LogP contribution in [-0.2, 0) is 30.4 Å². The molecule has 0 fully saturated rings. The van der Waals surface area contributed by atoms with Crippen LogP contribution in [0.5, 0.6) is 0 Å². The van der Waals surface area contributed by atoms with Gasteiger partial charge in [-0.2, -0.15) is 26.3 Å². The number of rotatable bonds is 3. The Bertz CT molecular complexity index is 1470. The van der Waals surface area contributed by atoms with Gasteiger partial charge in [0.1, 0.15) is 5.56 Å². The van der Waals surface area contributed by atoms with Gasteiger partial charge in [-0.25, -0.2) is 9.97 Å². The van der Waals surface area contributed by atoms with Crippen molar-refractivity contribution in [1.29, 1.82) is 0 Å². The van der Waals surface area contributed by atoms with Gasteiger partial charge in [-0.05, 0) is 48.6 Å². The zero-order chi connectivity index (χ0) is 28.1. The molecule has 2 aromatic heterocycles. The normalized spacial score (nSPS) is 15.8. The van der Waals surface area contributed by atoms with Gasteiger partial charge in [-0.1, -0.05) is 11.6 Å². The number of carbonyl (C=O) groups excluding carboxylic acids is 2. The van der Waals surface area contributed by atoms with Crippen molar-refractivity contribution < 1.29 is 35.9 Å². The molecule has 0 radical (unpaired) electrons. The Morgan fingerprint density at radius 3 is 2.59 bits per heavy atom. The number of halogens is 7. The summed E-state index contributed by atoms with van der Waals surface area (Å²) in [5.74, 6) is -2.50. The number of carbonyl (C=O) groups is 2. The molecule has 0 saturated heterocycles. The number of anilines is 2. The van der Waals surface area contributed by atoms with Crippen molar-refractivity contribution >= 4 is 46.4 Å². The van der Waals surface area contributed by atoms with E-state index in [1.165, 1.54) is 12.1 Å². The number of hydrogen-bond donors (Lipinski definition) is 2. The number of aryl methyl sites for hydroxylation is 1. The van der Waals surface area contributed by atoms with Crippen molar-refractivity contribution in [3.8, 4) is 10.6 Å². The van der Waals surface area contributed by atoms with E-state index in [1.807, 2.05) is 0 Å². The minimum absolute atomic E-state index is 0.0552. The molecule has 206 valence electrons. The van der Waals surface area contributed by atoms with Gasteiger partial charge in [0.05, 0.1) is 26.8 Å². The van der Waals surface area contributed by atoms with E-state index in [-0.39, 0.29) is 47.0 Å². The third kappa shape index (κ3) is 5.53. The van der Waals surface area contributed by atoms with Gasteiger partial charge in [0.25, 0.3) is 5.91 Å². The largest absolute Gasteiger partial charge is 0.471 e. The Balaban J connectivity index is 1.46. The van der Waals surface area contributed by atoms with E-state index in [0.29, 0.717) is 52.1 Å². The highest BCUT2D eigenvalue weighted by atomic mass is 35.5. The highest BCUT2D eigenvalue weighted by molar-refractivity contribution is 7.15. The van der Waals surface area contributed by atoms with Gasteiger partial charge in [0.2, 0.25) is 5.95 Å². The topological polar surface area (TPSA) is 87.2 Å². The second-order valence-electron chi connectivity index (χ2n) is 8.96. The third-order valence-corrected chi connectivity index (χ3v) is 7.84. The Morgan fingerprint density at radius 2 is 1.87 bits per heavy atom. The van der Waals surface area contributed by atoms with Gasteiger partial charge >= 0.3 is 18.3 Å². The number of fused-ring (bicyclic) bond motifs is 2. The molecule has 2 N–H and O–H groups in total. The first-order valence-corrected chi connectivity index (χ1v) is 12.8. The zero-order valence-electron chi connectivity index (χ0n) is 19.8. The lowest BCUT2D eigenvalue weighted by molar-refractivity contribution is -0.186. The van der Waals surface area contributed by atoms with Crippen molar-refractivity contribution in [3.63, 3.8) is 0 Å². The second kappa shape index (κ2) is 9.97. The molecule has 7 nitrogen and oxygen atoms in total. The molecule has 15 heteroatoms. The maximum Gasteiger partial charge on any atom is 0.471 e. The number of benzene rings is 1. The fourth-order valence-electron chi connectivity index (χ4n) is 4.45. The number of nitrogens with one attached hydrogen (secondary N) is 2. The minimum atomic E-state index is -4.99. The van der Waals surface area contributed by atoms with Gasteiger partial charge in [0, 0.05) is 30.7 Å². The van der Waals surface area contributed by atoms with E-state index in [2.05, 4.69) is 20.6 Å². The summed E-state index contributed by atoms with van der Waals surface area (Å²) in [4.78, 5) is 33.4. The summed E-state index contributed by atoms with van der Waals surface area (Å²) in [5, 5.41) is 5.56. The predicted octanol–water partition coefficient (Wildman–Crippen LogP) is 5.74. The number of alkyl halides is 6. The Hall–Kier alpha value is -3.39. The predicted molar refractivity (Wildman–Crippen MR) is 131 cm³/mol. The molecule has 3 aromatic rings. The maximum absolute atomic E-state index is 13.8. The van der Waals surface area contributed by atoms with Gasteiger partial charge < -0.3 is 15.5 Å². The van der Waals surface area contributed by atoms with Gasteiger partial charge in [-0.3, -0.25) is 9.59 Å². The van der Waals surface area contributed by atoms with Crippen LogP contribution < -0.4 is 10.6 Å². The third-order valence-electron chi connectivity index (χ3n) is 6.33. The van der Waals surface area contributed by atoms with Crippen LogP contribution in [0.2, 0.25) is 5.02 Å². The summed E-state index contributed by atoms with van der Waals surface area (Å²) in [6.07, 6.45) is -7.81. The summed E-state index contributed by atoms with van der Waals surface area (Å²) >= 11 is 7.38. The zero-order valence-corrected chi connectivity index (χ0v) is 21.3. The van der Waals surface area contributed by atoms with Gasteiger partial charge in [0.15, 0.2) is 0 Å². The van der Waals surface area contributed by atoms with Crippen LogP contribution in [0, 0.1) is 0 Å². The Morgan fingerprint density at radius 1 is 1.10 bits per heavy atom. The SMILES string of the molecule is O=C1NCCCc2sc(-c3nc(Nc4cc5c(cc4Cl)CN(C(=O)C(F)(F)F)CC5)ncc3C(F)(F)F)cc21. The van der Waals surface area contributed by atoms with E-state index < -0.39 is 29.5 Å². The highest BCUT2D eigenvalue weighted by Crippen LogP contribution is 2.41. The van der Waals surface area contributed by atoms with E-state index in [9.17, 15) is 35.9 Å². The van der Waals surface area contributed by atoms with Crippen LogP contribution >= 0.6 is 22.9 Å². The Labute approximate surface area is 226 Å². The molecule has 0 atom stereocenters. The van der Waals surface area contributed by atoms with Crippen LogP contribution in [-0.4, -0.2) is 45.9 Å². The van der Waals surface area contributed by atoms with E-state index >= 15 is 0 Å². The molecule has 2 aliphatic heterocycles. The van der Waals surface area contributed by atoms with E-state index in [4.69, 9.17) is 11.6 Å². The average molecular weight is 590 g/mol. The molecule has 39 heavy (non-hydrogen) atoms. The Kier molecular flexibility index (Phi) is 6.95. The number of amides is 2. The molecule has 4 heterocycles. The van der Waals surface area contributed by atoms with Crippen LogP contribution in [0.4, 0.5) is 38.0 Å². The first kappa shape index (κ1) is 27.2. The second-order valence-corrected chi connectivity index (χ2v) is 10.5. The summed E-state index contributed by atoms with van der Waals surface area (Å²) in [5.41, 5.74) is 0.106. The lowest BCUT2D eigenvalue weighted by Crippen LogP contribution is -2.43. The molecular formula is C24H18ClF6N5O2S. The molecular weight excluding hydrogens is 572 g/mol. The molecule has 5 rings (SSSR count). The van der Waals surface area contributed by atoms with Crippen molar-refractivity contribution in [1.82, 2.24) is 20.2 Å². The van der Waals surface area contributed by atoms with Crippen molar-refractivity contribution in [2.75, 3.05) is 18.4 Å². The number of thiophene rings is 1. The minimum Gasteiger partial charge on any atom is -0.352 e. The van der Waals surface area contributed by atoms with Crippen LogP contribution in [0.25, 0.3) is 10.6 Å². The molecule has 2 amide bonds. The van der Waals surface area contributed by atoms with Crippen LogP contribution in [0.3, 0.4) is 0 Å². The molecule has 0 spiro atoms. The van der Waals surface area contributed by atoms with E-state index in [1.54, 1.807) is 6.07 Å². The first-order chi connectivity index (χ1) is 18.3. The fraction of sp³-hybridized carbons (Fsp3) is 0.333.